The van der Waals surface area contributed by atoms with Crippen LogP contribution in [-0.4, -0.2) is 19.1 Å². The molecule has 1 amide bonds. The molecule has 5 heteroatoms. The number of ether oxygens (including phenoxy) is 2. The van der Waals surface area contributed by atoms with Crippen molar-refractivity contribution < 1.29 is 14.3 Å². The van der Waals surface area contributed by atoms with Crippen LogP contribution in [0.3, 0.4) is 0 Å². The minimum atomic E-state index is -0.457. The zero-order valence-electron chi connectivity index (χ0n) is 10.9. The molecule has 2 rings (SSSR count). The third kappa shape index (κ3) is 3.91. The lowest BCUT2D eigenvalue weighted by atomic mass is 10.2. The molecule has 4 N–H and O–H groups in total. The molecular formula is C15H16N2O3. The van der Waals surface area contributed by atoms with E-state index in [1.54, 1.807) is 36.4 Å². The molecule has 0 saturated carbocycles. The summed E-state index contributed by atoms with van der Waals surface area (Å²) in [6.07, 6.45) is 0. The Morgan fingerprint density at radius 3 is 2.20 bits per heavy atom. The molecule has 0 fully saturated rings. The fourth-order valence-corrected chi connectivity index (χ4v) is 1.64. The Balaban J connectivity index is 1.77. The highest BCUT2D eigenvalue weighted by Gasteiger charge is 2.00. The monoisotopic (exact) mass is 272 g/mol. The van der Waals surface area contributed by atoms with Gasteiger partial charge in [-0.1, -0.05) is 6.07 Å². The number of nitrogen functional groups attached to an aromatic ring is 1. The quantitative estimate of drug-likeness (QED) is 0.620. The van der Waals surface area contributed by atoms with Gasteiger partial charge in [0.15, 0.2) is 0 Å². The van der Waals surface area contributed by atoms with Gasteiger partial charge in [-0.05, 0) is 36.4 Å². The molecule has 0 atom stereocenters. The molecule has 104 valence electrons. The van der Waals surface area contributed by atoms with Crippen LogP contribution < -0.4 is 20.9 Å². The zero-order valence-corrected chi connectivity index (χ0v) is 10.9. The summed E-state index contributed by atoms with van der Waals surface area (Å²) in [5, 5.41) is 0. The number of carbonyl (C=O) groups excluding carboxylic acids is 1. The number of carbonyl (C=O) groups is 1. The lowest BCUT2D eigenvalue weighted by molar-refractivity contribution is 0.1000. The van der Waals surface area contributed by atoms with E-state index in [0.29, 0.717) is 36.0 Å². The van der Waals surface area contributed by atoms with Gasteiger partial charge in [0, 0.05) is 17.3 Å². The minimum absolute atomic E-state index is 0.394. The molecule has 0 aliphatic rings. The van der Waals surface area contributed by atoms with Crippen LogP contribution in [0.15, 0.2) is 48.5 Å². The Labute approximate surface area is 117 Å². The van der Waals surface area contributed by atoms with Crippen LogP contribution in [0.25, 0.3) is 0 Å². The third-order valence-electron chi connectivity index (χ3n) is 2.62. The first-order valence-electron chi connectivity index (χ1n) is 6.16. The summed E-state index contributed by atoms with van der Waals surface area (Å²) in [6, 6.07) is 13.8. The highest BCUT2D eigenvalue weighted by Crippen LogP contribution is 2.15. The van der Waals surface area contributed by atoms with Gasteiger partial charge in [0.1, 0.15) is 24.7 Å². The minimum Gasteiger partial charge on any atom is -0.490 e. The Morgan fingerprint density at radius 1 is 0.950 bits per heavy atom. The number of rotatable bonds is 6. The largest absolute Gasteiger partial charge is 0.490 e. The number of amides is 1. The average molecular weight is 272 g/mol. The predicted molar refractivity (Wildman–Crippen MR) is 76.8 cm³/mol. The molecule has 0 heterocycles. The van der Waals surface area contributed by atoms with Gasteiger partial charge in [0.2, 0.25) is 5.91 Å². The SMILES string of the molecule is NC(=O)c1ccc(OCCOc2cccc(N)c2)cc1. The second kappa shape index (κ2) is 6.47. The van der Waals surface area contributed by atoms with Crippen LogP contribution in [-0.2, 0) is 0 Å². The summed E-state index contributed by atoms with van der Waals surface area (Å²) >= 11 is 0. The lowest BCUT2D eigenvalue weighted by Gasteiger charge is -2.09. The molecule has 5 nitrogen and oxygen atoms in total. The number of hydrogen-bond acceptors (Lipinski definition) is 4. The maximum atomic E-state index is 10.9. The van der Waals surface area contributed by atoms with Crippen LogP contribution in [0.5, 0.6) is 11.5 Å². The molecule has 0 spiro atoms. The van der Waals surface area contributed by atoms with E-state index in [1.807, 2.05) is 12.1 Å². The highest BCUT2D eigenvalue weighted by atomic mass is 16.5. The number of primary amides is 1. The third-order valence-corrected chi connectivity index (χ3v) is 2.62. The molecular weight excluding hydrogens is 256 g/mol. The first-order valence-corrected chi connectivity index (χ1v) is 6.16. The maximum Gasteiger partial charge on any atom is 0.248 e. The number of hydrogen-bond donors (Lipinski definition) is 2. The molecule has 0 aliphatic carbocycles. The number of benzene rings is 2. The number of anilines is 1. The average Bonchev–Trinajstić information content (AvgIpc) is 2.44. The van der Waals surface area contributed by atoms with Crippen molar-refractivity contribution in [3.8, 4) is 11.5 Å². The van der Waals surface area contributed by atoms with E-state index in [9.17, 15) is 4.79 Å². The summed E-state index contributed by atoms with van der Waals surface area (Å²) in [6.45, 7) is 0.797. The second-order valence-electron chi connectivity index (χ2n) is 4.16. The van der Waals surface area contributed by atoms with Crippen molar-refractivity contribution in [1.29, 1.82) is 0 Å². The number of nitrogens with two attached hydrogens (primary N) is 2. The van der Waals surface area contributed by atoms with Gasteiger partial charge in [-0.2, -0.15) is 0 Å². The lowest BCUT2D eigenvalue weighted by Crippen LogP contribution is -2.11. The molecule has 0 saturated heterocycles. The van der Waals surface area contributed by atoms with Gasteiger partial charge in [-0.3, -0.25) is 4.79 Å². The molecule has 0 radical (unpaired) electrons. The molecule has 0 bridgehead atoms. The standard InChI is InChI=1S/C15H16N2O3/c16-12-2-1-3-14(10-12)20-9-8-19-13-6-4-11(5-7-13)15(17)18/h1-7,10H,8-9,16H2,(H2,17,18). The van der Waals surface area contributed by atoms with Crippen molar-refractivity contribution in [3.63, 3.8) is 0 Å². The first-order chi connectivity index (χ1) is 9.65. The van der Waals surface area contributed by atoms with Gasteiger partial charge in [0.05, 0.1) is 0 Å². The van der Waals surface area contributed by atoms with Crippen molar-refractivity contribution in [2.45, 2.75) is 0 Å². The van der Waals surface area contributed by atoms with Crippen molar-refractivity contribution in [3.05, 3.63) is 54.1 Å². The summed E-state index contributed by atoms with van der Waals surface area (Å²) in [5.74, 6) is 0.908. The summed E-state index contributed by atoms with van der Waals surface area (Å²) in [5.41, 5.74) is 11.9. The van der Waals surface area contributed by atoms with Gasteiger partial charge >= 0.3 is 0 Å². The maximum absolute atomic E-state index is 10.9. The Hall–Kier alpha value is -2.69. The Bertz CT molecular complexity index is 582. The van der Waals surface area contributed by atoms with E-state index in [-0.39, 0.29) is 0 Å². The fraction of sp³-hybridized carbons (Fsp3) is 0.133. The highest BCUT2D eigenvalue weighted by molar-refractivity contribution is 5.92. The van der Waals surface area contributed by atoms with E-state index < -0.39 is 5.91 Å². The summed E-state index contributed by atoms with van der Waals surface area (Å²) in [7, 11) is 0. The first kappa shape index (κ1) is 13.7. The Kier molecular flexibility index (Phi) is 4.44. The van der Waals surface area contributed by atoms with Crippen molar-refractivity contribution in [2.24, 2.45) is 5.73 Å². The van der Waals surface area contributed by atoms with E-state index >= 15 is 0 Å². The molecule has 20 heavy (non-hydrogen) atoms. The fourth-order valence-electron chi connectivity index (χ4n) is 1.64. The summed E-state index contributed by atoms with van der Waals surface area (Å²) in [4.78, 5) is 10.9. The van der Waals surface area contributed by atoms with Gasteiger partial charge < -0.3 is 20.9 Å². The predicted octanol–water partition coefficient (Wildman–Crippen LogP) is 1.83. The van der Waals surface area contributed by atoms with Crippen molar-refractivity contribution in [1.82, 2.24) is 0 Å². The molecule has 0 aromatic heterocycles. The van der Waals surface area contributed by atoms with Crippen LogP contribution in [0.2, 0.25) is 0 Å². The van der Waals surface area contributed by atoms with Crippen LogP contribution in [0.4, 0.5) is 5.69 Å². The van der Waals surface area contributed by atoms with Crippen LogP contribution >= 0.6 is 0 Å². The van der Waals surface area contributed by atoms with E-state index in [4.69, 9.17) is 20.9 Å². The normalized spacial score (nSPS) is 10.0. The topological polar surface area (TPSA) is 87.6 Å². The van der Waals surface area contributed by atoms with Gasteiger partial charge in [0.25, 0.3) is 0 Å². The zero-order chi connectivity index (χ0) is 14.4. The van der Waals surface area contributed by atoms with E-state index in [0.717, 1.165) is 0 Å². The van der Waals surface area contributed by atoms with E-state index in [2.05, 4.69) is 0 Å². The van der Waals surface area contributed by atoms with E-state index in [1.165, 1.54) is 0 Å². The van der Waals surface area contributed by atoms with Crippen LogP contribution in [0.1, 0.15) is 10.4 Å². The molecule has 2 aromatic carbocycles. The molecule has 0 aliphatic heterocycles. The molecule has 0 unspecified atom stereocenters. The Morgan fingerprint density at radius 2 is 1.60 bits per heavy atom. The van der Waals surface area contributed by atoms with Crippen molar-refractivity contribution >= 4 is 11.6 Å². The van der Waals surface area contributed by atoms with Crippen molar-refractivity contribution in [2.75, 3.05) is 18.9 Å². The second-order valence-corrected chi connectivity index (χ2v) is 4.16. The van der Waals surface area contributed by atoms with Gasteiger partial charge in [-0.25, -0.2) is 0 Å². The molecule has 2 aromatic rings. The summed E-state index contributed by atoms with van der Waals surface area (Å²) < 4.78 is 11.0. The smallest absolute Gasteiger partial charge is 0.248 e. The van der Waals surface area contributed by atoms with Gasteiger partial charge in [-0.15, -0.1) is 0 Å². The van der Waals surface area contributed by atoms with Crippen LogP contribution in [0, 0.1) is 0 Å².